The third kappa shape index (κ3) is 5.61. The van der Waals surface area contributed by atoms with Crippen molar-refractivity contribution >= 4 is 34.8 Å². The van der Waals surface area contributed by atoms with Gasteiger partial charge < -0.3 is 30.2 Å². The van der Waals surface area contributed by atoms with Crippen LogP contribution in [-0.2, 0) is 40.0 Å². The highest BCUT2D eigenvalue weighted by Gasteiger charge is 2.27. The second-order valence-electron chi connectivity index (χ2n) is 11.4. The first-order chi connectivity index (χ1) is 21.1. The molecule has 0 unspecified atom stereocenters. The molecule has 1 atom stereocenters. The molecule has 0 saturated carbocycles. The number of β-amino-alcohol motifs (C(OH)–C–C–N with tert-alkyl or cyclic N) is 1. The number of aliphatic hydroxyl groups is 1. The van der Waals surface area contributed by atoms with Crippen LogP contribution >= 0.6 is 11.6 Å². The van der Waals surface area contributed by atoms with E-state index in [9.17, 15) is 14.7 Å². The van der Waals surface area contributed by atoms with Gasteiger partial charge in [0, 0.05) is 88.5 Å². The molecule has 1 aromatic carbocycles. The number of hydrogen-bond acceptors (Lipinski definition) is 8. The molecule has 2 amide bonds. The summed E-state index contributed by atoms with van der Waals surface area (Å²) in [7, 11) is 3.70. The summed E-state index contributed by atoms with van der Waals surface area (Å²) in [6, 6.07) is 7.17. The maximum absolute atomic E-state index is 13.4. The lowest BCUT2D eigenvalue weighted by atomic mass is 10.0. The minimum atomic E-state index is -0.429. The molecule has 0 saturated heterocycles. The zero-order valence-corrected chi connectivity index (χ0v) is 26.0. The van der Waals surface area contributed by atoms with Crippen LogP contribution in [0.3, 0.4) is 0 Å². The Kier molecular flexibility index (Phi) is 8.25. The highest BCUT2D eigenvalue weighted by molar-refractivity contribution is 6.36. The number of halogens is 1. The number of anilines is 2. The second-order valence-corrected chi connectivity index (χ2v) is 11.8. The Labute approximate surface area is 260 Å². The van der Waals surface area contributed by atoms with Gasteiger partial charge in [-0.2, -0.15) is 0 Å². The first-order valence-electron chi connectivity index (χ1n) is 14.7. The Balaban J connectivity index is 1.22. The summed E-state index contributed by atoms with van der Waals surface area (Å²) in [5.74, 6) is -0.0327. The van der Waals surface area contributed by atoms with Crippen LogP contribution in [0.1, 0.15) is 56.5 Å². The van der Waals surface area contributed by atoms with Crippen molar-refractivity contribution in [1.29, 1.82) is 0 Å². The lowest BCUT2D eigenvalue weighted by molar-refractivity contribution is 0.100. The van der Waals surface area contributed by atoms with Crippen LogP contribution in [0.5, 0.6) is 0 Å². The minimum absolute atomic E-state index is 0.284. The molecular formula is C31H36ClN9O3. The molecule has 0 aliphatic carbocycles. The first-order valence-corrected chi connectivity index (χ1v) is 15.1. The van der Waals surface area contributed by atoms with Crippen molar-refractivity contribution in [1.82, 2.24) is 34.3 Å². The third-order valence-corrected chi connectivity index (χ3v) is 8.75. The molecule has 13 heteroatoms. The van der Waals surface area contributed by atoms with E-state index in [2.05, 4.69) is 35.8 Å². The topological polar surface area (TPSA) is 142 Å². The minimum Gasteiger partial charge on any atom is -0.392 e. The number of benzene rings is 1. The largest absolute Gasteiger partial charge is 0.392 e. The Morgan fingerprint density at radius 2 is 1.70 bits per heavy atom. The molecule has 0 spiro atoms. The normalized spacial score (nSPS) is 15.4. The van der Waals surface area contributed by atoms with Crippen LogP contribution in [0.2, 0.25) is 5.02 Å². The number of carbonyl (C=O) groups is 2. The van der Waals surface area contributed by atoms with E-state index in [0.717, 1.165) is 59.8 Å². The van der Waals surface area contributed by atoms with Crippen LogP contribution in [0.25, 0.3) is 11.3 Å². The highest BCUT2D eigenvalue weighted by Crippen LogP contribution is 2.36. The summed E-state index contributed by atoms with van der Waals surface area (Å²) in [6.45, 7) is 7.09. The van der Waals surface area contributed by atoms with Gasteiger partial charge in [-0.25, -0.2) is 9.97 Å². The van der Waals surface area contributed by atoms with E-state index < -0.39 is 6.10 Å². The molecule has 44 heavy (non-hydrogen) atoms. The lowest BCUT2D eigenvalue weighted by Gasteiger charge is -2.27. The van der Waals surface area contributed by atoms with Gasteiger partial charge >= 0.3 is 0 Å². The predicted molar refractivity (Wildman–Crippen MR) is 168 cm³/mol. The number of carbonyl (C=O) groups excluding carboxylic acids is 2. The number of imidazole rings is 2. The van der Waals surface area contributed by atoms with Crippen LogP contribution in [-0.4, -0.2) is 71.6 Å². The molecule has 2 aliphatic heterocycles. The van der Waals surface area contributed by atoms with Gasteiger partial charge in [-0.05, 0) is 31.5 Å². The van der Waals surface area contributed by atoms with E-state index >= 15 is 0 Å². The van der Waals surface area contributed by atoms with Crippen molar-refractivity contribution < 1.29 is 14.7 Å². The van der Waals surface area contributed by atoms with Crippen molar-refractivity contribution in [3.63, 3.8) is 0 Å². The number of nitrogens with zero attached hydrogens (tertiary/aromatic N) is 6. The number of nitrogens with one attached hydrogen (secondary N) is 3. The van der Waals surface area contributed by atoms with Crippen molar-refractivity contribution in [3.8, 4) is 11.3 Å². The molecule has 5 heterocycles. The van der Waals surface area contributed by atoms with Gasteiger partial charge in [0.05, 0.1) is 33.9 Å². The van der Waals surface area contributed by atoms with E-state index in [0.29, 0.717) is 48.4 Å². The fraction of sp³-hybridized carbons (Fsp3) is 0.387. The molecule has 2 aliphatic rings. The Hall–Kier alpha value is -4.10. The van der Waals surface area contributed by atoms with Crippen molar-refractivity contribution in [3.05, 3.63) is 75.5 Å². The number of aliphatic hydroxyl groups excluding tert-OH is 1. The standard InChI is InChI=1S/C31H36ClN9O3/c1-17(42)15-41-13-10-25-23(16-41)36-29(40(25)4)30(43)37-20-7-5-6-19(18(20)2)27-26(32)21(8-12-34-27)38-31(44)28-35-22-14-33-11-9-24(22)39(28)3/h5-8,12,17,33,42H,9-11,13-16H2,1-4H3,(H,37,43)(H,34,38,44)/t17-/m1/s1. The molecule has 230 valence electrons. The van der Waals surface area contributed by atoms with Gasteiger partial charge in [0.15, 0.2) is 11.6 Å². The smallest absolute Gasteiger partial charge is 0.291 e. The molecular weight excluding hydrogens is 582 g/mol. The summed E-state index contributed by atoms with van der Waals surface area (Å²) < 4.78 is 3.68. The Bertz CT molecular complexity index is 1760. The summed E-state index contributed by atoms with van der Waals surface area (Å²) >= 11 is 6.83. The van der Waals surface area contributed by atoms with E-state index in [1.807, 2.05) is 48.4 Å². The predicted octanol–water partition coefficient (Wildman–Crippen LogP) is 3.07. The fourth-order valence-corrected chi connectivity index (χ4v) is 6.35. The van der Waals surface area contributed by atoms with E-state index in [1.165, 1.54) is 0 Å². The SMILES string of the molecule is Cc1c(NC(=O)c2nc3c(n2C)CCN(C[C@@H](C)O)C3)cccc1-c1nccc(NC(=O)c2nc3c(n2C)CCNC3)c1Cl. The maximum Gasteiger partial charge on any atom is 0.291 e. The average Bonchev–Trinajstić information content (AvgIpc) is 3.51. The lowest BCUT2D eigenvalue weighted by Crippen LogP contribution is -2.36. The molecule has 12 nitrogen and oxygen atoms in total. The third-order valence-electron chi connectivity index (χ3n) is 8.37. The number of aromatic nitrogens is 5. The zero-order valence-electron chi connectivity index (χ0n) is 25.2. The number of rotatable bonds is 7. The second kappa shape index (κ2) is 12.1. The van der Waals surface area contributed by atoms with Gasteiger partial charge in [0.25, 0.3) is 11.8 Å². The van der Waals surface area contributed by atoms with Gasteiger partial charge in [0.1, 0.15) is 0 Å². The van der Waals surface area contributed by atoms with Gasteiger partial charge in [-0.1, -0.05) is 23.7 Å². The highest BCUT2D eigenvalue weighted by atomic mass is 35.5. The number of hydrogen-bond donors (Lipinski definition) is 4. The van der Waals surface area contributed by atoms with Gasteiger partial charge in [-0.15, -0.1) is 0 Å². The number of pyridine rings is 1. The molecule has 0 bridgehead atoms. The van der Waals surface area contributed by atoms with Crippen LogP contribution < -0.4 is 16.0 Å². The van der Waals surface area contributed by atoms with Crippen LogP contribution in [0, 0.1) is 6.92 Å². The first kappa shape index (κ1) is 29.9. The number of fused-ring (bicyclic) bond motifs is 2. The monoisotopic (exact) mass is 617 g/mol. The average molecular weight is 618 g/mol. The van der Waals surface area contributed by atoms with Crippen LogP contribution in [0.15, 0.2) is 30.5 Å². The van der Waals surface area contributed by atoms with Gasteiger partial charge in [0.2, 0.25) is 0 Å². The van der Waals surface area contributed by atoms with E-state index in [-0.39, 0.29) is 16.8 Å². The molecule has 0 radical (unpaired) electrons. The van der Waals surface area contributed by atoms with Crippen molar-refractivity contribution in [2.75, 3.05) is 30.3 Å². The molecule has 3 aromatic heterocycles. The van der Waals surface area contributed by atoms with Crippen molar-refractivity contribution in [2.45, 2.75) is 45.9 Å². The Morgan fingerprint density at radius 1 is 1.02 bits per heavy atom. The fourth-order valence-electron chi connectivity index (χ4n) is 6.09. The summed E-state index contributed by atoms with van der Waals surface area (Å²) in [4.78, 5) is 42.5. The molecule has 0 fully saturated rings. The quantitative estimate of drug-likeness (QED) is 0.248. The summed E-state index contributed by atoms with van der Waals surface area (Å²) in [5, 5.41) is 19.3. The van der Waals surface area contributed by atoms with E-state index in [4.69, 9.17) is 11.6 Å². The summed E-state index contributed by atoms with van der Waals surface area (Å²) in [6.07, 6.45) is 2.73. The molecule has 6 rings (SSSR count). The van der Waals surface area contributed by atoms with Crippen LogP contribution in [0.4, 0.5) is 11.4 Å². The molecule has 4 N–H and O–H groups in total. The van der Waals surface area contributed by atoms with Crippen molar-refractivity contribution in [2.24, 2.45) is 14.1 Å². The summed E-state index contributed by atoms with van der Waals surface area (Å²) in [5.41, 5.74) is 6.79. The van der Waals surface area contributed by atoms with Gasteiger partial charge in [-0.3, -0.25) is 19.5 Å². The molecule has 4 aromatic rings. The zero-order chi connectivity index (χ0) is 31.1. The Morgan fingerprint density at radius 3 is 2.41 bits per heavy atom. The maximum atomic E-state index is 13.4. The number of amides is 2. The van der Waals surface area contributed by atoms with E-state index in [1.54, 1.807) is 19.2 Å².